The minimum atomic E-state index is -0.0371. The van der Waals surface area contributed by atoms with Gasteiger partial charge in [0.05, 0.1) is 24.9 Å². The van der Waals surface area contributed by atoms with Crippen molar-refractivity contribution in [2.75, 3.05) is 38.2 Å². The fourth-order valence-corrected chi connectivity index (χ4v) is 4.95. The van der Waals surface area contributed by atoms with Crippen LogP contribution in [0.2, 0.25) is 0 Å². The van der Waals surface area contributed by atoms with Crippen LogP contribution in [0.15, 0.2) is 23.7 Å². The van der Waals surface area contributed by atoms with E-state index in [4.69, 9.17) is 4.74 Å². The molecule has 1 fully saturated rings. The highest BCUT2D eigenvalue weighted by Gasteiger charge is 2.27. The average Bonchev–Trinajstić information content (AvgIpc) is 3.20. The number of carbonyl (C=O) groups is 2. The van der Waals surface area contributed by atoms with Crippen LogP contribution < -0.4 is 15.0 Å². The van der Waals surface area contributed by atoms with Crippen LogP contribution in [-0.2, 0) is 11.2 Å². The van der Waals surface area contributed by atoms with Gasteiger partial charge in [0.15, 0.2) is 0 Å². The lowest BCUT2D eigenvalue weighted by atomic mass is 10.0. The van der Waals surface area contributed by atoms with Crippen LogP contribution in [-0.4, -0.2) is 61.0 Å². The molecule has 7 nitrogen and oxygen atoms in total. The first kappa shape index (κ1) is 20.8. The van der Waals surface area contributed by atoms with Gasteiger partial charge in [-0.15, -0.1) is 11.3 Å². The monoisotopic (exact) mass is 428 g/mol. The number of carbonyl (C=O) groups excluding carboxylic acids is 2. The maximum atomic E-state index is 13.0. The molecule has 1 aromatic carbocycles. The Labute approximate surface area is 181 Å². The van der Waals surface area contributed by atoms with Gasteiger partial charge in [-0.1, -0.05) is 0 Å². The number of aromatic nitrogens is 1. The van der Waals surface area contributed by atoms with Gasteiger partial charge in [-0.25, -0.2) is 4.98 Å². The molecule has 30 heavy (non-hydrogen) atoms. The number of rotatable bonds is 5. The standard InChI is InChI=1S/C22H28N4O3S/c1-15-21(30-14-23-15)22(28)24-17-7-10-25(11-8-17)13-20(27)26-9-3-4-16-12-18(29-2)5-6-19(16)26/h5-6,12,14,17H,3-4,7-11,13H2,1-2H3,(H,24,28). The number of nitrogens with one attached hydrogen (secondary N) is 1. The summed E-state index contributed by atoms with van der Waals surface area (Å²) in [5.74, 6) is 0.939. The second-order valence-corrected chi connectivity index (χ2v) is 8.79. The Morgan fingerprint density at radius 1 is 1.27 bits per heavy atom. The van der Waals surface area contributed by atoms with Crippen molar-refractivity contribution in [3.8, 4) is 5.75 Å². The molecule has 0 spiro atoms. The molecule has 0 saturated carbocycles. The fourth-order valence-electron chi connectivity index (χ4n) is 4.24. The lowest BCUT2D eigenvalue weighted by Crippen LogP contribution is -2.48. The van der Waals surface area contributed by atoms with Crippen LogP contribution >= 0.6 is 11.3 Å². The first-order valence-electron chi connectivity index (χ1n) is 10.5. The Balaban J connectivity index is 1.30. The topological polar surface area (TPSA) is 74.8 Å². The van der Waals surface area contributed by atoms with Gasteiger partial charge in [0.25, 0.3) is 5.91 Å². The van der Waals surface area contributed by atoms with E-state index in [9.17, 15) is 9.59 Å². The quantitative estimate of drug-likeness (QED) is 0.793. The van der Waals surface area contributed by atoms with Crippen molar-refractivity contribution in [3.63, 3.8) is 0 Å². The van der Waals surface area contributed by atoms with E-state index in [0.717, 1.165) is 62.4 Å². The highest BCUT2D eigenvalue weighted by atomic mass is 32.1. The summed E-state index contributed by atoms with van der Waals surface area (Å²) in [5.41, 5.74) is 4.66. The molecule has 2 aliphatic rings. The molecule has 2 amide bonds. The first-order chi connectivity index (χ1) is 14.5. The Hall–Kier alpha value is -2.45. The van der Waals surface area contributed by atoms with E-state index in [2.05, 4.69) is 15.2 Å². The number of hydrogen-bond donors (Lipinski definition) is 1. The molecule has 0 aliphatic carbocycles. The second-order valence-electron chi connectivity index (χ2n) is 7.93. The van der Waals surface area contributed by atoms with Crippen LogP contribution in [0.3, 0.4) is 0 Å². The zero-order valence-electron chi connectivity index (χ0n) is 17.5. The molecule has 2 aromatic rings. The van der Waals surface area contributed by atoms with Crippen LogP contribution in [0.1, 0.15) is 40.2 Å². The predicted octanol–water partition coefficient (Wildman–Crippen LogP) is 2.63. The number of amides is 2. The van der Waals surface area contributed by atoms with Crippen LogP contribution in [0.5, 0.6) is 5.75 Å². The Bertz CT molecular complexity index is 921. The summed E-state index contributed by atoms with van der Waals surface area (Å²) in [6, 6.07) is 6.10. The average molecular weight is 429 g/mol. The summed E-state index contributed by atoms with van der Waals surface area (Å²) < 4.78 is 5.32. The molecule has 2 aliphatic heterocycles. The molecule has 0 unspecified atom stereocenters. The Morgan fingerprint density at radius 2 is 2.07 bits per heavy atom. The van der Waals surface area contributed by atoms with Gasteiger partial charge in [0.2, 0.25) is 5.91 Å². The van der Waals surface area contributed by atoms with E-state index in [1.54, 1.807) is 12.6 Å². The minimum Gasteiger partial charge on any atom is -0.497 e. The van der Waals surface area contributed by atoms with E-state index in [1.165, 1.54) is 16.9 Å². The largest absolute Gasteiger partial charge is 0.497 e. The molecule has 0 radical (unpaired) electrons. The third-order valence-electron chi connectivity index (χ3n) is 5.94. The summed E-state index contributed by atoms with van der Waals surface area (Å²) in [6.07, 6.45) is 3.65. The molecule has 3 heterocycles. The van der Waals surface area contributed by atoms with Crippen LogP contribution in [0.25, 0.3) is 0 Å². The predicted molar refractivity (Wildman–Crippen MR) is 117 cm³/mol. The number of piperidine rings is 1. The number of hydrogen-bond acceptors (Lipinski definition) is 6. The zero-order chi connectivity index (χ0) is 21.1. The Kier molecular flexibility index (Phi) is 6.34. The fraction of sp³-hybridized carbons (Fsp3) is 0.500. The summed E-state index contributed by atoms with van der Waals surface area (Å²) in [6.45, 7) is 4.65. The minimum absolute atomic E-state index is 0.0371. The number of ether oxygens (including phenoxy) is 1. The third-order valence-corrected chi connectivity index (χ3v) is 6.87. The van der Waals surface area contributed by atoms with Gasteiger partial charge in [0.1, 0.15) is 10.6 Å². The second kappa shape index (κ2) is 9.14. The van der Waals surface area contributed by atoms with Gasteiger partial charge in [-0.2, -0.15) is 0 Å². The highest BCUT2D eigenvalue weighted by Crippen LogP contribution is 2.30. The maximum Gasteiger partial charge on any atom is 0.263 e. The number of methoxy groups -OCH3 is 1. The SMILES string of the molecule is COc1ccc2c(c1)CCCN2C(=O)CN1CCC(NC(=O)c2scnc2C)CC1. The van der Waals surface area contributed by atoms with Gasteiger partial charge >= 0.3 is 0 Å². The molecule has 1 saturated heterocycles. The third kappa shape index (κ3) is 4.49. The van der Waals surface area contributed by atoms with Crippen molar-refractivity contribution in [1.29, 1.82) is 0 Å². The number of thiazole rings is 1. The summed E-state index contributed by atoms with van der Waals surface area (Å²) in [5, 5.41) is 3.12. The van der Waals surface area contributed by atoms with Crippen molar-refractivity contribution in [2.24, 2.45) is 0 Å². The molecule has 1 aromatic heterocycles. The number of anilines is 1. The molecule has 8 heteroatoms. The van der Waals surface area contributed by atoms with Gasteiger partial charge in [-0.3, -0.25) is 14.5 Å². The molecule has 4 rings (SSSR count). The van der Waals surface area contributed by atoms with Gasteiger partial charge < -0.3 is 15.0 Å². The number of aryl methyl sites for hydroxylation is 2. The van der Waals surface area contributed by atoms with Crippen molar-refractivity contribution < 1.29 is 14.3 Å². The number of fused-ring (bicyclic) bond motifs is 1. The van der Waals surface area contributed by atoms with Crippen molar-refractivity contribution >= 4 is 28.8 Å². The molecular weight excluding hydrogens is 400 g/mol. The van der Waals surface area contributed by atoms with E-state index >= 15 is 0 Å². The van der Waals surface area contributed by atoms with Gasteiger partial charge in [0, 0.05) is 31.4 Å². The van der Waals surface area contributed by atoms with E-state index in [-0.39, 0.29) is 17.9 Å². The maximum absolute atomic E-state index is 13.0. The van der Waals surface area contributed by atoms with Gasteiger partial charge in [-0.05, 0) is 56.4 Å². The lowest BCUT2D eigenvalue weighted by Gasteiger charge is -2.35. The van der Waals surface area contributed by atoms with E-state index in [0.29, 0.717) is 11.4 Å². The Morgan fingerprint density at radius 3 is 2.77 bits per heavy atom. The normalized spacial score (nSPS) is 17.5. The molecule has 1 N–H and O–H groups in total. The molecule has 160 valence electrons. The van der Waals surface area contributed by atoms with Crippen molar-refractivity contribution in [3.05, 3.63) is 39.8 Å². The van der Waals surface area contributed by atoms with Crippen molar-refractivity contribution in [2.45, 2.75) is 38.6 Å². The van der Waals surface area contributed by atoms with E-state index in [1.807, 2.05) is 30.0 Å². The first-order valence-corrected chi connectivity index (χ1v) is 11.3. The number of benzene rings is 1. The van der Waals surface area contributed by atoms with Crippen LogP contribution in [0, 0.1) is 6.92 Å². The summed E-state index contributed by atoms with van der Waals surface area (Å²) >= 11 is 1.38. The zero-order valence-corrected chi connectivity index (χ0v) is 18.3. The van der Waals surface area contributed by atoms with E-state index < -0.39 is 0 Å². The smallest absolute Gasteiger partial charge is 0.263 e. The summed E-state index contributed by atoms with van der Waals surface area (Å²) in [4.78, 5) is 34.4. The number of likely N-dealkylation sites (tertiary alicyclic amines) is 1. The number of nitrogens with zero attached hydrogens (tertiary/aromatic N) is 3. The molecule has 0 bridgehead atoms. The molecule has 0 atom stereocenters. The van der Waals surface area contributed by atoms with Crippen molar-refractivity contribution in [1.82, 2.24) is 15.2 Å². The summed E-state index contributed by atoms with van der Waals surface area (Å²) in [7, 11) is 1.66. The lowest BCUT2D eigenvalue weighted by molar-refractivity contribution is -0.120. The molecular formula is C22H28N4O3S. The van der Waals surface area contributed by atoms with Crippen LogP contribution in [0.4, 0.5) is 5.69 Å². The highest BCUT2D eigenvalue weighted by molar-refractivity contribution is 7.11.